The maximum atomic E-state index is 4.00. The van der Waals surface area contributed by atoms with Crippen molar-refractivity contribution in [2.24, 2.45) is 0 Å². The molecule has 0 heterocycles. The SMILES string of the molecule is C=CCC(C(=C)C)c1ccccc1. The van der Waals surface area contributed by atoms with Gasteiger partial charge in [0.25, 0.3) is 0 Å². The molecule has 0 N–H and O–H groups in total. The van der Waals surface area contributed by atoms with Gasteiger partial charge in [-0.25, -0.2) is 0 Å². The Labute approximate surface area is 80.6 Å². The Morgan fingerprint density at radius 1 is 1.38 bits per heavy atom. The summed E-state index contributed by atoms with van der Waals surface area (Å²) in [6.07, 6.45) is 2.92. The second-order valence-electron chi connectivity index (χ2n) is 3.33. The van der Waals surface area contributed by atoms with E-state index < -0.39 is 0 Å². The lowest BCUT2D eigenvalue weighted by molar-refractivity contribution is 0.813. The number of rotatable bonds is 4. The lowest BCUT2D eigenvalue weighted by Crippen LogP contribution is -1.97. The molecule has 1 rings (SSSR count). The molecule has 0 aliphatic rings. The minimum atomic E-state index is 0.429. The van der Waals surface area contributed by atoms with Crippen molar-refractivity contribution in [2.45, 2.75) is 19.3 Å². The molecule has 68 valence electrons. The fourth-order valence-corrected chi connectivity index (χ4v) is 1.47. The molecule has 0 radical (unpaired) electrons. The van der Waals surface area contributed by atoms with Crippen LogP contribution in [0.25, 0.3) is 0 Å². The van der Waals surface area contributed by atoms with Gasteiger partial charge in [0.15, 0.2) is 0 Å². The fourth-order valence-electron chi connectivity index (χ4n) is 1.47. The smallest absolute Gasteiger partial charge is 0.00771 e. The van der Waals surface area contributed by atoms with Gasteiger partial charge >= 0.3 is 0 Å². The molecule has 1 aromatic carbocycles. The first-order valence-corrected chi connectivity index (χ1v) is 4.57. The number of allylic oxidation sites excluding steroid dienone is 2. The fraction of sp³-hybridized carbons (Fsp3) is 0.231. The van der Waals surface area contributed by atoms with Gasteiger partial charge < -0.3 is 0 Å². The van der Waals surface area contributed by atoms with E-state index in [2.05, 4.69) is 44.3 Å². The largest absolute Gasteiger partial charge is 0.103 e. The molecule has 0 heteroatoms. The first kappa shape index (κ1) is 9.79. The van der Waals surface area contributed by atoms with Crippen molar-refractivity contribution in [1.82, 2.24) is 0 Å². The Bertz CT molecular complexity index is 282. The van der Waals surface area contributed by atoms with Crippen LogP contribution in [0.2, 0.25) is 0 Å². The van der Waals surface area contributed by atoms with Crippen LogP contribution in [0.15, 0.2) is 55.1 Å². The van der Waals surface area contributed by atoms with Crippen LogP contribution in [-0.2, 0) is 0 Å². The summed E-state index contributed by atoms with van der Waals surface area (Å²) in [6, 6.07) is 10.4. The molecule has 0 aliphatic heterocycles. The van der Waals surface area contributed by atoms with Crippen LogP contribution in [-0.4, -0.2) is 0 Å². The normalized spacial score (nSPS) is 12.1. The maximum absolute atomic E-state index is 4.00. The zero-order valence-corrected chi connectivity index (χ0v) is 8.16. The van der Waals surface area contributed by atoms with Crippen molar-refractivity contribution in [3.8, 4) is 0 Å². The molecule has 1 aromatic rings. The van der Waals surface area contributed by atoms with Gasteiger partial charge in [0, 0.05) is 5.92 Å². The van der Waals surface area contributed by atoms with Crippen molar-refractivity contribution in [3.63, 3.8) is 0 Å². The Hall–Kier alpha value is -1.30. The molecule has 1 unspecified atom stereocenters. The van der Waals surface area contributed by atoms with E-state index in [1.807, 2.05) is 12.1 Å². The Kier molecular flexibility index (Phi) is 3.51. The van der Waals surface area contributed by atoms with Crippen LogP contribution in [0.3, 0.4) is 0 Å². The monoisotopic (exact) mass is 172 g/mol. The van der Waals surface area contributed by atoms with Gasteiger partial charge in [0.05, 0.1) is 0 Å². The Balaban J connectivity index is 2.88. The second kappa shape index (κ2) is 4.66. The lowest BCUT2D eigenvalue weighted by Gasteiger charge is -2.14. The summed E-state index contributed by atoms with van der Waals surface area (Å²) in [5.41, 5.74) is 2.53. The highest BCUT2D eigenvalue weighted by Gasteiger charge is 2.08. The third kappa shape index (κ3) is 2.59. The van der Waals surface area contributed by atoms with E-state index in [1.54, 1.807) is 0 Å². The third-order valence-electron chi connectivity index (χ3n) is 2.20. The maximum Gasteiger partial charge on any atom is 0.00771 e. The molecule has 0 saturated carbocycles. The first-order valence-electron chi connectivity index (χ1n) is 4.57. The van der Waals surface area contributed by atoms with Crippen LogP contribution in [0.1, 0.15) is 24.8 Å². The van der Waals surface area contributed by atoms with Crippen molar-refractivity contribution >= 4 is 0 Å². The van der Waals surface area contributed by atoms with Gasteiger partial charge in [0.2, 0.25) is 0 Å². The number of hydrogen-bond donors (Lipinski definition) is 0. The molecule has 0 fully saturated rings. The van der Waals surface area contributed by atoms with E-state index in [-0.39, 0.29) is 0 Å². The Morgan fingerprint density at radius 2 is 2.00 bits per heavy atom. The summed E-state index contributed by atoms with van der Waals surface area (Å²) in [5.74, 6) is 0.429. The predicted octanol–water partition coefficient (Wildman–Crippen LogP) is 3.92. The van der Waals surface area contributed by atoms with E-state index >= 15 is 0 Å². The van der Waals surface area contributed by atoms with Gasteiger partial charge in [0.1, 0.15) is 0 Å². The Morgan fingerprint density at radius 3 is 2.46 bits per heavy atom. The molecule has 13 heavy (non-hydrogen) atoms. The average molecular weight is 172 g/mol. The van der Waals surface area contributed by atoms with E-state index in [9.17, 15) is 0 Å². The highest BCUT2D eigenvalue weighted by Crippen LogP contribution is 2.26. The van der Waals surface area contributed by atoms with Crippen molar-refractivity contribution in [1.29, 1.82) is 0 Å². The summed E-state index contributed by atoms with van der Waals surface area (Å²) < 4.78 is 0. The van der Waals surface area contributed by atoms with Crippen LogP contribution in [0, 0.1) is 0 Å². The minimum absolute atomic E-state index is 0.429. The molecule has 0 saturated heterocycles. The number of benzene rings is 1. The van der Waals surface area contributed by atoms with Gasteiger partial charge in [-0.2, -0.15) is 0 Å². The summed E-state index contributed by atoms with van der Waals surface area (Å²) in [5, 5.41) is 0. The van der Waals surface area contributed by atoms with Gasteiger partial charge in [-0.3, -0.25) is 0 Å². The standard InChI is InChI=1S/C13H16/c1-4-8-13(11(2)3)12-9-6-5-7-10-12/h4-7,9-10,13H,1-2,8H2,3H3. The van der Waals surface area contributed by atoms with Crippen LogP contribution < -0.4 is 0 Å². The zero-order chi connectivity index (χ0) is 9.68. The molecule has 1 atom stereocenters. The molecule has 0 amide bonds. The predicted molar refractivity (Wildman–Crippen MR) is 58.8 cm³/mol. The molecule has 0 spiro atoms. The molecule has 0 nitrogen and oxygen atoms in total. The minimum Gasteiger partial charge on any atom is -0.103 e. The van der Waals surface area contributed by atoms with Crippen LogP contribution >= 0.6 is 0 Å². The second-order valence-corrected chi connectivity index (χ2v) is 3.33. The quantitative estimate of drug-likeness (QED) is 0.604. The summed E-state index contributed by atoms with van der Waals surface area (Å²) in [6.45, 7) is 9.84. The van der Waals surface area contributed by atoms with Gasteiger partial charge in [-0.05, 0) is 18.9 Å². The summed E-state index contributed by atoms with van der Waals surface area (Å²) in [4.78, 5) is 0. The molecular weight excluding hydrogens is 156 g/mol. The summed E-state index contributed by atoms with van der Waals surface area (Å²) >= 11 is 0. The van der Waals surface area contributed by atoms with E-state index in [4.69, 9.17) is 0 Å². The zero-order valence-electron chi connectivity index (χ0n) is 8.16. The van der Waals surface area contributed by atoms with Crippen molar-refractivity contribution in [3.05, 3.63) is 60.7 Å². The summed E-state index contributed by atoms with van der Waals surface area (Å²) in [7, 11) is 0. The van der Waals surface area contributed by atoms with Crippen LogP contribution in [0.4, 0.5) is 0 Å². The van der Waals surface area contributed by atoms with Crippen molar-refractivity contribution < 1.29 is 0 Å². The highest BCUT2D eigenvalue weighted by atomic mass is 14.1. The van der Waals surface area contributed by atoms with Crippen molar-refractivity contribution in [2.75, 3.05) is 0 Å². The highest BCUT2D eigenvalue weighted by molar-refractivity contribution is 5.27. The number of hydrogen-bond acceptors (Lipinski definition) is 0. The van der Waals surface area contributed by atoms with E-state index in [1.165, 1.54) is 11.1 Å². The topological polar surface area (TPSA) is 0 Å². The lowest BCUT2D eigenvalue weighted by atomic mass is 9.90. The molecule has 0 aromatic heterocycles. The van der Waals surface area contributed by atoms with E-state index in [0.717, 1.165) is 6.42 Å². The van der Waals surface area contributed by atoms with Crippen LogP contribution in [0.5, 0.6) is 0 Å². The molecule has 0 bridgehead atoms. The van der Waals surface area contributed by atoms with Gasteiger partial charge in [-0.1, -0.05) is 48.6 Å². The first-order chi connectivity index (χ1) is 6.25. The van der Waals surface area contributed by atoms with E-state index in [0.29, 0.717) is 5.92 Å². The average Bonchev–Trinajstić information content (AvgIpc) is 2.15. The molecular formula is C13H16. The molecule has 0 aliphatic carbocycles. The third-order valence-corrected chi connectivity index (χ3v) is 2.20. The van der Waals surface area contributed by atoms with Gasteiger partial charge in [-0.15, -0.1) is 6.58 Å².